The van der Waals surface area contributed by atoms with Crippen LogP contribution in [-0.4, -0.2) is 10.9 Å². The molecule has 1 aromatic heterocycles. The van der Waals surface area contributed by atoms with Crippen molar-refractivity contribution in [2.24, 2.45) is 0 Å². The van der Waals surface area contributed by atoms with Crippen LogP contribution in [0.1, 0.15) is 16.8 Å². The van der Waals surface area contributed by atoms with Gasteiger partial charge in [0.05, 0.1) is 16.4 Å². The Hall–Kier alpha value is -2.13. The largest absolute Gasteiger partial charge is 0.321 e. The third-order valence-corrected chi connectivity index (χ3v) is 3.30. The van der Waals surface area contributed by atoms with E-state index in [0.717, 1.165) is 5.56 Å². The lowest BCUT2D eigenvalue weighted by Crippen LogP contribution is -2.08. The average molecular weight is 287 g/mol. The van der Waals surface area contributed by atoms with Gasteiger partial charge in [0.15, 0.2) is 0 Å². The van der Waals surface area contributed by atoms with Crippen molar-refractivity contribution < 1.29 is 4.79 Å². The summed E-state index contributed by atoms with van der Waals surface area (Å²) in [4.78, 5) is 15.9. The van der Waals surface area contributed by atoms with E-state index in [9.17, 15) is 4.79 Å². The molecule has 0 saturated heterocycles. The first-order valence-electron chi connectivity index (χ1n) is 6.23. The summed E-state index contributed by atoms with van der Waals surface area (Å²) in [5, 5.41) is 3.20. The lowest BCUT2D eigenvalue weighted by atomic mass is 10.1. The van der Waals surface area contributed by atoms with E-state index in [-0.39, 0.29) is 5.91 Å². The molecule has 20 heavy (non-hydrogen) atoms. The summed E-state index contributed by atoms with van der Waals surface area (Å²) in [6, 6.07) is 9.60. The van der Waals surface area contributed by atoms with Gasteiger partial charge in [0, 0.05) is 12.3 Å². The standard InChI is InChI=1S/C16H15ClN2O/c1-11-3-5-13(6-4-11)7-8-15(20)19-14-9-10-18-12(2)16(14)17/h3-10H,1-2H3,(H,18,19,20)/b8-7+. The minimum Gasteiger partial charge on any atom is -0.321 e. The molecule has 0 radical (unpaired) electrons. The number of hydrogen-bond donors (Lipinski definition) is 1. The molecule has 0 saturated carbocycles. The normalized spacial score (nSPS) is 10.8. The highest BCUT2D eigenvalue weighted by Crippen LogP contribution is 2.23. The second-order valence-corrected chi connectivity index (χ2v) is 4.87. The fourth-order valence-electron chi connectivity index (χ4n) is 1.67. The number of amides is 1. The van der Waals surface area contributed by atoms with Crippen LogP contribution < -0.4 is 5.32 Å². The Morgan fingerprint density at radius 3 is 2.60 bits per heavy atom. The molecule has 0 fully saturated rings. The molecule has 1 heterocycles. The average Bonchev–Trinajstić information content (AvgIpc) is 2.43. The number of aromatic nitrogens is 1. The molecule has 0 atom stereocenters. The molecule has 2 rings (SSSR count). The Labute approximate surface area is 123 Å². The predicted molar refractivity (Wildman–Crippen MR) is 82.8 cm³/mol. The van der Waals surface area contributed by atoms with Gasteiger partial charge in [0.2, 0.25) is 5.91 Å². The molecule has 0 bridgehead atoms. The number of anilines is 1. The number of nitrogens with one attached hydrogen (secondary N) is 1. The molecule has 0 aliphatic rings. The van der Waals surface area contributed by atoms with Gasteiger partial charge >= 0.3 is 0 Å². The van der Waals surface area contributed by atoms with Crippen molar-refractivity contribution >= 4 is 29.3 Å². The first-order chi connectivity index (χ1) is 9.56. The monoisotopic (exact) mass is 286 g/mol. The smallest absolute Gasteiger partial charge is 0.248 e. The molecular weight excluding hydrogens is 272 g/mol. The Balaban J connectivity index is 2.05. The van der Waals surface area contributed by atoms with Crippen LogP contribution in [0.4, 0.5) is 5.69 Å². The number of carbonyl (C=O) groups excluding carboxylic acids is 1. The van der Waals surface area contributed by atoms with Crippen LogP contribution in [-0.2, 0) is 4.79 Å². The fourth-order valence-corrected chi connectivity index (χ4v) is 1.83. The molecule has 3 nitrogen and oxygen atoms in total. The minimum atomic E-state index is -0.224. The number of aryl methyl sites for hydroxylation is 2. The van der Waals surface area contributed by atoms with Crippen LogP contribution in [0.2, 0.25) is 5.02 Å². The van der Waals surface area contributed by atoms with E-state index >= 15 is 0 Å². The first kappa shape index (κ1) is 14.3. The molecule has 0 aliphatic carbocycles. The second-order valence-electron chi connectivity index (χ2n) is 4.49. The minimum absolute atomic E-state index is 0.224. The van der Waals surface area contributed by atoms with Crippen molar-refractivity contribution in [1.82, 2.24) is 4.98 Å². The molecule has 1 N–H and O–H groups in total. The number of nitrogens with zero attached hydrogens (tertiary/aromatic N) is 1. The maximum absolute atomic E-state index is 11.8. The highest BCUT2D eigenvalue weighted by Gasteiger charge is 2.05. The number of halogens is 1. The summed E-state index contributed by atoms with van der Waals surface area (Å²) in [5.74, 6) is -0.224. The van der Waals surface area contributed by atoms with Crippen LogP contribution in [0.25, 0.3) is 6.08 Å². The lowest BCUT2D eigenvalue weighted by Gasteiger charge is -2.06. The third-order valence-electron chi connectivity index (χ3n) is 2.83. The van der Waals surface area contributed by atoms with E-state index in [1.165, 1.54) is 11.6 Å². The van der Waals surface area contributed by atoms with E-state index in [0.29, 0.717) is 16.4 Å². The number of pyridine rings is 1. The van der Waals surface area contributed by atoms with Crippen molar-refractivity contribution in [2.75, 3.05) is 5.32 Å². The zero-order chi connectivity index (χ0) is 14.5. The summed E-state index contributed by atoms with van der Waals surface area (Å²) < 4.78 is 0. The molecule has 4 heteroatoms. The van der Waals surface area contributed by atoms with Gasteiger partial charge in [-0.2, -0.15) is 0 Å². The van der Waals surface area contributed by atoms with Crippen molar-refractivity contribution in [3.8, 4) is 0 Å². The second kappa shape index (κ2) is 6.35. The lowest BCUT2D eigenvalue weighted by molar-refractivity contribution is -0.111. The molecule has 0 aliphatic heterocycles. The van der Waals surface area contributed by atoms with Crippen molar-refractivity contribution in [1.29, 1.82) is 0 Å². The fraction of sp³-hybridized carbons (Fsp3) is 0.125. The molecular formula is C16H15ClN2O. The van der Waals surface area contributed by atoms with Gasteiger partial charge in [0.25, 0.3) is 0 Å². The first-order valence-corrected chi connectivity index (χ1v) is 6.61. The zero-order valence-corrected chi connectivity index (χ0v) is 12.1. The van der Waals surface area contributed by atoms with Crippen LogP contribution in [0.3, 0.4) is 0 Å². The number of hydrogen-bond acceptors (Lipinski definition) is 2. The van der Waals surface area contributed by atoms with Gasteiger partial charge in [-0.05, 0) is 31.6 Å². The number of carbonyl (C=O) groups is 1. The molecule has 0 unspecified atom stereocenters. The third kappa shape index (κ3) is 3.68. The molecule has 102 valence electrons. The van der Waals surface area contributed by atoms with E-state index < -0.39 is 0 Å². The van der Waals surface area contributed by atoms with Crippen LogP contribution in [0.5, 0.6) is 0 Å². The number of benzene rings is 1. The highest BCUT2D eigenvalue weighted by molar-refractivity contribution is 6.34. The van der Waals surface area contributed by atoms with Gasteiger partial charge in [-0.25, -0.2) is 0 Å². The summed E-state index contributed by atoms with van der Waals surface area (Å²) >= 11 is 6.07. The Bertz CT molecular complexity index is 648. The van der Waals surface area contributed by atoms with Gasteiger partial charge < -0.3 is 5.32 Å². The molecule has 2 aromatic rings. The van der Waals surface area contributed by atoms with Crippen LogP contribution in [0, 0.1) is 13.8 Å². The topological polar surface area (TPSA) is 42.0 Å². The quantitative estimate of drug-likeness (QED) is 0.867. The Morgan fingerprint density at radius 1 is 1.20 bits per heavy atom. The van der Waals surface area contributed by atoms with Gasteiger partial charge in [-0.15, -0.1) is 0 Å². The van der Waals surface area contributed by atoms with E-state index in [2.05, 4.69) is 10.3 Å². The molecule has 1 aromatic carbocycles. The SMILES string of the molecule is Cc1ccc(/C=C/C(=O)Nc2ccnc(C)c2Cl)cc1. The Morgan fingerprint density at radius 2 is 1.90 bits per heavy atom. The van der Waals surface area contributed by atoms with Gasteiger partial charge in [0.1, 0.15) is 0 Å². The Kier molecular flexibility index (Phi) is 4.53. The summed E-state index contributed by atoms with van der Waals surface area (Å²) in [6.07, 6.45) is 4.86. The summed E-state index contributed by atoms with van der Waals surface area (Å²) in [6.45, 7) is 3.81. The van der Waals surface area contributed by atoms with E-state index in [4.69, 9.17) is 11.6 Å². The van der Waals surface area contributed by atoms with Crippen LogP contribution in [0.15, 0.2) is 42.6 Å². The van der Waals surface area contributed by atoms with Gasteiger partial charge in [-0.1, -0.05) is 41.4 Å². The van der Waals surface area contributed by atoms with Crippen molar-refractivity contribution in [3.63, 3.8) is 0 Å². The highest BCUT2D eigenvalue weighted by atomic mass is 35.5. The van der Waals surface area contributed by atoms with E-state index in [1.54, 1.807) is 25.3 Å². The maximum Gasteiger partial charge on any atom is 0.248 e. The maximum atomic E-state index is 11.8. The van der Waals surface area contributed by atoms with E-state index in [1.807, 2.05) is 31.2 Å². The zero-order valence-electron chi connectivity index (χ0n) is 11.4. The van der Waals surface area contributed by atoms with Crippen molar-refractivity contribution in [3.05, 3.63) is 64.4 Å². The predicted octanol–water partition coefficient (Wildman–Crippen LogP) is 4.00. The summed E-state index contributed by atoms with van der Waals surface area (Å²) in [5.41, 5.74) is 3.41. The van der Waals surface area contributed by atoms with Crippen LogP contribution >= 0.6 is 11.6 Å². The van der Waals surface area contributed by atoms with Crippen molar-refractivity contribution in [2.45, 2.75) is 13.8 Å². The summed E-state index contributed by atoms with van der Waals surface area (Å²) in [7, 11) is 0. The van der Waals surface area contributed by atoms with Gasteiger partial charge in [-0.3, -0.25) is 9.78 Å². The number of rotatable bonds is 3. The molecule has 1 amide bonds. The molecule has 0 spiro atoms.